The van der Waals surface area contributed by atoms with E-state index in [1.54, 1.807) is 7.11 Å². The summed E-state index contributed by atoms with van der Waals surface area (Å²) in [5.74, 6) is -0.320. The molecule has 3 fully saturated rings. The van der Waals surface area contributed by atoms with E-state index in [9.17, 15) is 15.0 Å². The number of rotatable bonds is 5. The molecule has 5 heteroatoms. The van der Waals surface area contributed by atoms with E-state index in [1.807, 2.05) is 24.3 Å². The topological polar surface area (TPSA) is 76.0 Å². The number of ether oxygens (including phenoxy) is 2. The summed E-state index contributed by atoms with van der Waals surface area (Å²) in [6.45, 7) is 4.01. The van der Waals surface area contributed by atoms with Gasteiger partial charge in [-0.25, -0.2) is 0 Å². The maximum absolute atomic E-state index is 12.5. The summed E-state index contributed by atoms with van der Waals surface area (Å²) in [5, 5.41) is 20.4. The van der Waals surface area contributed by atoms with E-state index in [1.165, 1.54) is 6.08 Å². The molecule has 3 saturated carbocycles. The van der Waals surface area contributed by atoms with Gasteiger partial charge in [-0.2, -0.15) is 0 Å². The highest BCUT2D eigenvalue weighted by Crippen LogP contribution is 2.50. The van der Waals surface area contributed by atoms with Crippen molar-refractivity contribution in [2.24, 2.45) is 11.8 Å². The molecule has 3 aliphatic rings. The van der Waals surface area contributed by atoms with E-state index in [0.29, 0.717) is 12.8 Å². The number of fused-ring (bicyclic) bond motifs is 3. The van der Waals surface area contributed by atoms with Crippen LogP contribution in [0.15, 0.2) is 48.8 Å². The van der Waals surface area contributed by atoms with E-state index in [4.69, 9.17) is 9.47 Å². The number of Topliss-reactive ketones (excluding diaryl/α,β-unsaturated/α-hetero) is 1. The van der Waals surface area contributed by atoms with Crippen LogP contribution in [0.3, 0.4) is 0 Å². The first-order valence-corrected chi connectivity index (χ1v) is 8.04. The molecular weight excluding hydrogens is 308 g/mol. The molecule has 0 unspecified atom stereocenters. The standard InChI is InChI=1S/C19H22O5/c1-3-19(22)16-9-8-14(17(21)15(16)10-20)18(19)24-11-12-4-6-13(23-2)7-5-12/h3-7,10,14,16,18,20,22H,1,8-9,11H2,2H3/b15-10-/t14-,16+,18-,19+/m1/s1. The SMILES string of the molecule is C=C[C@@]1(O)[C@H](OCc2ccc(OC)cc2)[C@@H]2CC[C@H]1/C(=C/O)C2=O. The van der Waals surface area contributed by atoms with Crippen LogP contribution in [-0.2, 0) is 16.1 Å². The average molecular weight is 330 g/mol. The van der Waals surface area contributed by atoms with E-state index < -0.39 is 23.5 Å². The van der Waals surface area contributed by atoms with Crippen LogP contribution in [0.25, 0.3) is 0 Å². The smallest absolute Gasteiger partial charge is 0.168 e. The van der Waals surface area contributed by atoms with Crippen LogP contribution in [0, 0.1) is 11.8 Å². The second-order valence-electron chi connectivity index (χ2n) is 6.36. The summed E-state index contributed by atoms with van der Waals surface area (Å²) >= 11 is 0. The first-order valence-electron chi connectivity index (χ1n) is 8.04. The Morgan fingerprint density at radius 2 is 2.04 bits per heavy atom. The third kappa shape index (κ3) is 2.54. The van der Waals surface area contributed by atoms with Crippen molar-refractivity contribution in [2.75, 3.05) is 7.11 Å². The van der Waals surface area contributed by atoms with Crippen molar-refractivity contribution >= 4 is 5.78 Å². The van der Waals surface area contributed by atoms with Gasteiger partial charge in [0.1, 0.15) is 17.5 Å². The zero-order valence-electron chi connectivity index (χ0n) is 13.6. The van der Waals surface area contributed by atoms with Gasteiger partial charge in [0.05, 0.1) is 25.9 Å². The molecule has 0 radical (unpaired) electrons. The van der Waals surface area contributed by atoms with Crippen LogP contribution >= 0.6 is 0 Å². The maximum Gasteiger partial charge on any atom is 0.168 e. The highest BCUT2D eigenvalue weighted by molar-refractivity contribution is 6.00. The molecule has 4 atom stereocenters. The molecule has 1 aromatic carbocycles. The molecule has 0 aromatic heterocycles. The molecule has 24 heavy (non-hydrogen) atoms. The molecule has 0 spiro atoms. The molecule has 0 amide bonds. The van der Waals surface area contributed by atoms with Gasteiger partial charge in [0.15, 0.2) is 5.78 Å². The predicted octanol–water partition coefficient (Wildman–Crippen LogP) is 2.55. The van der Waals surface area contributed by atoms with Crippen LogP contribution < -0.4 is 4.74 Å². The number of ketones is 1. The van der Waals surface area contributed by atoms with E-state index in [0.717, 1.165) is 17.6 Å². The van der Waals surface area contributed by atoms with Crippen LogP contribution in [0.5, 0.6) is 5.75 Å². The van der Waals surface area contributed by atoms with Gasteiger partial charge in [0.25, 0.3) is 0 Å². The van der Waals surface area contributed by atoms with Crippen LogP contribution in [0.4, 0.5) is 0 Å². The van der Waals surface area contributed by atoms with Crippen molar-refractivity contribution < 1.29 is 24.5 Å². The van der Waals surface area contributed by atoms with Gasteiger partial charge in [-0.3, -0.25) is 4.79 Å². The maximum atomic E-state index is 12.5. The summed E-state index contributed by atoms with van der Waals surface area (Å²) in [6, 6.07) is 7.44. The first kappa shape index (κ1) is 16.7. The van der Waals surface area contributed by atoms with Crippen LogP contribution in [0.1, 0.15) is 18.4 Å². The zero-order chi connectivity index (χ0) is 17.3. The highest BCUT2D eigenvalue weighted by atomic mass is 16.5. The van der Waals surface area contributed by atoms with Gasteiger partial charge in [-0.05, 0) is 30.5 Å². The predicted molar refractivity (Wildman–Crippen MR) is 88.7 cm³/mol. The Morgan fingerprint density at radius 1 is 1.33 bits per heavy atom. The van der Waals surface area contributed by atoms with Crippen molar-refractivity contribution in [1.29, 1.82) is 0 Å². The second kappa shape index (κ2) is 6.42. The summed E-state index contributed by atoms with van der Waals surface area (Å²) in [7, 11) is 1.60. The van der Waals surface area contributed by atoms with Crippen molar-refractivity contribution in [3.8, 4) is 5.75 Å². The minimum atomic E-state index is -1.35. The summed E-state index contributed by atoms with van der Waals surface area (Å²) < 4.78 is 11.1. The monoisotopic (exact) mass is 330 g/mol. The van der Waals surface area contributed by atoms with Gasteiger partial charge in [0, 0.05) is 11.5 Å². The van der Waals surface area contributed by atoms with Crippen molar-refractivity contribution in [2.45, 2.75) is 31.2 Å². The summed E-state index contributed by atoms with van der Waals surface area (Å²) in [6.07, 6.45) is 2.89. The van der Waals surface area contributed by atoms with Gasteiger partial charge >= 0.3 is 0 Å². The molecule has 1 aromatic rings. The van der Waals surface area contributed by atoms with Gasteiger partial charge in [-0.15, -0.1) is 6.58 Å². The van der Waals surface area contributed by atoms with Gasteiger partial charge in [0.2, 0.25) is 0 Å². The molecule has 0 heterocycles. The zero-order valence-corrected chi connectivity index (χ0v) is 13.6. The Balaban J connectivity index is 1.81. The number of carbonyl (C=O) groups excluding carboxylic acids is 1. The molecule has 0 saturated heterocycles. The largest absolute Gasteiger partial charge is 0.515 e. The fourth-order valence-corrected chi connectivity index (χ4v) is 3.88. The van der Waals surface area contributed by atoms with Gasteiger partial charge in [-0.1, -0.05) is 18.2 Å². The lowest BCUT2D eigenvalue weighted by Crippen LogP contribution is -2.62. The first-order chi connectivity index (χ1) is 11.5. The number of hydrogen-bond donors (Lipinski definition) is 2. The Kier molecular flexibility index (Phi) is 4.47. The molecule has 4 rings (SSSR count). The number of benzene rings is 1. The number of hydrogen-bond acceptors (Lipinski definition) is 5. The third-order valence-corrected chi connectivity index (χ3v) is 5.20. The van der Waals surface area contributed by atoms with Crippen molar-refractivity contribution in [1.82, 2.24) is 0 Å². The molecule has 0 aliphatic heterocycles. The minimum absolute atomic E-state index is 0.139. The number of carbonyl (C=O) groups is 1. The lowest BCUT2D eigenvalue weighted by atomic mass is 9.57. The van der Waals surface area contributed by atoms with Crippen LogP contribution in [0.2, 0.25) is 0 Å². The summed E-state index contributed by atoms with van der Waals surface area (Å²) in [4.78, 5) is 12.5. The molecule has 3 aliphatic carbocycles. The number of aliphatic hydroxyl groups excluding tert-OH is 1. The Morgan fingerprint density at radius 3 is 2.62 bits per heavy atom. The van der Waals surface area contributed by atoms with E-state index in [-0.39, 0.29) is 18.0 Å². The third-order valence-electron chi connectivity index (χ3n) is 5.20. The van der Waals surface area contributed by atoms with E-state index >= 15 is 0 Å². The molecule has 2 bridgehead atoms. The Hall–Kier alpha value is -2.11. The van der Waals surface area contributed by atoms with E-state index in [2.05, 4.69) is 6.58 Å². The molecule has 128 valence electrons. The number of aliphatic hydroxyl groups is 2. The normalized spacial score (nSPS) is 33.7. The van der Waals surface area contributed by atoms with Crippen molar-refractivity contribution in [3.63, 3.8) is 0 Å². The van der Waals surface area contributed by atoms with Gasteiger partial charge < -0.3 is 19.7 Å². The quantitative estimate of drug-likeness (QED) is 0.493. The fourth-order valence-electron chi connectivity index (χ4n) is 3.88. The second-order valence-corrected chi connectivity index (χ2v) is 6.36. The molecule has 5 nitrogen and oxygen atoms in total. The molecule has 2 N–H and O–H groups in total. The Labute approximate surface area is 141 Å². The number of methoxy groups -OCH3 is 1. The minimum Gasteiger partial charge on any atom is -0.515 e. The average Bonchev–Trinajstić information content (AvgIpc) is 2.62. The van der Waals surface area contributed by atoms with Crippen molar-refractivity contribution in [3.05, 3.63) is 54.3 Å². The Bertz CT molecular complexity index is 663. The highest BCUT2D eigenvalue weighted by Gasteiger charge is 2.59. The lowest BCUT2D eigenvalue weighted by molar-refractivity contribution is -0.178. The summed E-state index contributed by atoms with van der Waals surface area (Å²) in [5.41, 5.74) is -0.148. The lowest BCUT2D eigenvalue weighted by Gasteiger charge is -2.52. The fraction of sp³-hybridized carbons (Fsp3) is 0.421. The molecular formula is C19H22O5. The van der Waals surface area contributed by atoms with Crippen LogP contribution in [-0.4, -0.2) is 34.8 Å².